The maximum Gasteiger partial charge on any atom is 0.251 e. The quantitative estimate of drug-likeness (QED) is 0.668. The molecule has 0 heterocycles. The van der Waals surface area contributed by atoms with Gasteiger partial charge in [0, 0.05) is 19.7 Å². The topological polar surface area (TPSA) is 64.3 Å². The predicted octanol–water partition coefficient (Wildman–Crippen LogP) is 1.05. The highest BCUT2D eigenvalue weighted by Crippen LogP contribution is 2.08. The summed E-state index contributed by atoms with van der Waals surface area (Å²) in [5, 5.41) is 2.90. The first-order chi connectivity index (χ1) is 6.97. The third kappa shape index (κ3) is 5.14. The molecule has 0 spiro atoms. The molecule has 0 aliphatic carbocycles. The Bertz CT molecular complexity index is 193. The molecule has 4 heteroatoms. The number of hydrogen-bond donors (Lipinski definition) is 2. The number of hydrogen-bond acceptors (Lipinski definition) is 3. The van der Waals surface area contributed by atoms with Gasteiger partial charge in [-0.3, -0.25) is 4.79 Å². The third-order valence-electron chi connectivity index (χ3n) is 2.58. The number of methoxy groups -OCH3 is 1. The molecule has 0 fully saturated rings. The Morgan fingerprint density at radius 3 is 2.53 bits per heavy atom. The average molecular weight is 216 g/mol. The second-order valence-corrected chi connectivity index (χ2v) is 4.26. The zero-order valence-electron chi connectivity index (χ0n) is 10.3. The minimum absolute atomic E-state index is 0.0619. The van der Waals surface area contributed by atoms with E-state index in [0.29, 0.717) is 6.54 Å². The fourth-order valence-corrected chi connectivity index (χ4v) is 1.15. The molecular weight excluding hydrogens is 192 g/mol. The fraction of sp³-hybridized carbons (Fsp3) is 0.909. The van der Waals surface area contributed by atoms with Crippen LogP contribution in [0.3, 0.4) is 0 Å². The average Bonchev–Trinajstić information content (AvgIpc) is 2.23. The lowest BCUT2D eigenvalue weighted by Gasteiger charge is -2.25. The van der Waals surface area contributed by atoms with Crippen molar-refractivity contribution < 1.29 is 9.53 Å². The van der Waals surface area contributed by atoms with Crippen LogP contribution in [0.25, 0.3) is 0 Å². The Hall–Kier alpha value is -0.610. The Morgan fingerprint density at radius 1 is 1.53 bits per heavy atom. The van der Waals surface area contributed by atoms with Crippen LogP contribution in [-0.2, 0) is 9.53 Å². The molecule has 0 radical (unpaired) electrons. The summed E-state index contributed by atoms with van der Waals surface area (Å²) in [7, 11) is 1.53. The molecule has 1 atom stereocenters. The van der Waals surface area contributed by atoms with Gasteiger partial charge < -0.3 is 15.8 Å². The van der Waals surface area contributed by atoms with Crippen molar-refractivity contribution in [3.8, 4) is 0 Å². The van der Waals surface area contributed by atoms with Crippen LogP contribution in [0.5, 0.6) is 0 Å². The van der Waals surface area contributed by atoms with Gasteiger partial charge in [-0.25, -0.2) is 0 Å². The van der Waals surface area contributed by atoms with E-state index in [1.54, 1.807) is 13.8 Å². The van der Waals surface area contributed by atoms with Gasteiger partial charge in [0.25, 0.3) is 5.91 Å². The first-order valence-corrected chi connectivity index (χ1v) is 5.54. The summed E-state index contributed by atoms with van der Waals surface area (Å²) in [5.74, 6) is -0.100. The lowest BCUT2D eigenvalue weighted by Crippen LogP contribution is -2.50. The van der Waals surface area contributed by atoms with E-state index in [1.165, 1.54) is 7.11 Å². The fourth-order valence-electron chi connectivity index (χ4n) is 1.15. The molecule has 0 rings (SSSR count). The van der Waals surface area contributed by atoms with Crippen molar-refractivity contribution in [1.82, 2.24) is 5.32 Å². The molecule has 3 N–H and O–H groups in total. The molecule has 0 aliphatic rings. The number of rotatable bonds is 7. The molecule has 0 aliphatic heterocycles. The summed E-state index contributed by atoms with van der Waals surface area (Å²) in [6, 6.07) is 0.0619. The molecule has 1 unspecified atom stereocenters. The maximum absolute atomic E-state index is 11.7. The van der Waals surface area contributed by atoms with Crippen molar-refractivity contribution in [2.75, 3.05) is 13.7 Å². The van der Waals surface area contributed by atoms with Crippen molar-refractivity contribution in [1.29, 1.82) is 0 Å². The van der Waals surface area contributed by atoms with Crippen LogP contribution < -0.4 is 11.1 Å². The van der Waals surface area contributed by atoms with Gasteiger partial charge in [0.15, 0.2) is 0 Å². The van der Waals surface area contributed by atoms with E-state index in [0.717, 1.165) is 19.3 Å². The highest BCUT2D eigenvalue weighted by molar-refractivity contribution is 5.84. The van der Waals surface area contributed by atoms with Crippen LogP contribution in [0.1, 0.15) is 40.0 Å². The van der Waals surface area contributed by atoms with Crippen molar-refractivity contribution in [3.05, 3.63) is 0 Å². The van der Waals surface area contributed by atoms with Gasteiger partial charge in [0.2, 0.25) is 0 Å². The molecular formula is C11H24N2O2. The van der Waals surface area contributed by atoms with E-state index in [4.69, 9.17) is 10.5 Å². The highest BCUT2D eigenvalue weighted by atomic mass is 16.5. The van der Waals surface area contributed by atoms with E-state index in [2.05, 4.69) is 12.2 Å². The molecule has 0 bridgehead atoms. The number of carbonyl (C=O) groups is 1. The van der Waals surface area contributed by atoms with Crippen LogP contribution >= 0.6 is 0 Å². The van der Waals surface area contributed by atoms with Crippen molar-refractivity contribution in [3.63, 3.8) is 0 Å². The molecule has 90 valence electrons. The van der Waals surface area contributed by atoms with E-state index >= 15 is 0 Å². The first kappa shape index (κ1) is 14.4. The molecule has 0 aromatic rings. The maximum atomic E-state index is 11.7. The van der Waals surface area contributed by atoms with Crippen molar-refractivity contribution >= 4 is 5.91 Å². The first-order valence-electron chi connectivity index (χ1n) is 5.54. The zero-order chi connectivity index (χ0) is 11.9. The normalized spacial score (nSPS) is 13.7. The zero-order valence-corrected chi connectivity index (χ0v) is 10.3. The van der Waals surface area contributed by atoms with Gasteiger partial charge >= 0.3 is 0 Å². The van der Waals surface area contributed by atoms with Gasteiger partial charge in [0.1, 0.15) is 5.60 Å². The van der Waals surface area contributed by atoms with E-state index < -0.39 is 5.60 Å². The summed E-state index contributed by atoms with van der Waals surface area (Å²) in [6.07, 6.45) is 3.12. The summed E-state index contributed by atoms with van der Waals surface area (Å²) in [4.78, 5) is 11.7. The number of unbranched alkanes of at least 4 members (excludes halogenated alkanes) is 1. The smallest absolute Gasteiger partial charge is 0.251 e. The van der Waals surface area contributed by atoms with Crippen LogP contribution in [0, 0.1) is 0 Å². The SMILES string of the molecule is CCCCC(CN)NC(=O)C(C)(C)OC. The summed E-state index contributed by atoms with van der Waals surface area (Å²) in [6.45, 7) is 6.09. The Labute approximate surface area is 92.6 Å². The van der Waals surface area contributed by atoms with Gasteiger partial charge in [-0.05, 0) is 20.3 Å². The Kier molecular flexibility index (Phi) is 6.52. The van der Waals surface area contributed by atoms with Crippen LogP contribution in [0.2, 0.25) is 0 Å². The van der Waals surface area contributed by atoms with Crippen molar-refractivity contribution in [2.45, 2.75) is 51.7 Å². The molecule has 0 aromatic carbocycles. The summed E-state index contributed by atoms with van der Waals surface area (Å²) in [5.41, 5.74) is 4.81. The van der Waals surface area contributed by atoms with Gasteiger partial charge in [0.05, 0.1) is 0 Å². The Balaban J connectivity index is 4.12. The van der Waals surface area contributed by atoms with Gasteiger partial charge in [-0.15, -0.1) is 0 Å². The van der Waals surface area contributed by atoms with E-state index in [1.807, 2.05) is 0 Å². The minimum Gasteiger partial charge on any atom is -0.369 e. The van der Waals surface area contributed by atoms with Crippen LogP contribution in [-0.4, -0.2) is 31.2 Å². The largest absolute Gasteiger partial charge is 0.369 e. The van der Waals surface area contributed by atoms with Gasteiger partial charge in [-0.2, -0.15) is 0 Å². The predicted molar refractivity (Wildman–Crippen MR) is 61.6 cm³/mol. The van der Waals surface area contributed by atoms with E-state index in [-0.39, 0.29) is 11.9 Å². The third-order valence-corrected chi connectivity index (χ3v) is 2.58. The number of nitrogens with one attached hydrogen (secondary N) is 1. The Morgan fingerprint density at radius 2 is 2.13 bits per heavy atom. The molecule has 1 amide bonds. The second-order valence-electron chi connectivity index (χ2n) is 4.26. The minimum atomic E-state index is -0.778. The molecule has 4 nitrogen and oxygen atoms in total. The number of ether oxygens (including phenoxy) is 1. The molecule has 0 saturated carbocycles. The lowest BCUT2D eigenvalue weighted by atomic mass is 10.1. The van der Waals surface area contributed by atoms with Crippen LogP contribution in [0.4, 0.5) is 0 Å². The van der Waals surface area contributed by atoms with Crippen LogP contribution in [0.15, 0.2) is 0 Å². The molecule has 0 saturated heterocycles. The number of nitrogens with two attached hydrogens (primary N) is 1. The highest BCUT2D eigenvalue weighted by Gasteiger charge is 2.28. The number of amides is 1. The van der Waals surface area contributed by atoms with Crippen molar-refractivity contribution in [2.24, 2.45) is 5.73 Å². The van der Waals surface area contributed by atoms with Gasteiger partial charge in [-0.1, -0.05) is 19.8 Å². The second kappa shape index (κ2) is 6.80. The standard InChI is InChI=1S/C11H24N2O2/c1-5-6-7-9(8-12)13-10(14)11(2,3)15-4/h9H,5-8,12H2,1-4H3,(H,13,14). The lowest BCUT2D eigenvalue weighted by molar-refractivity contribution is -0.140. The molecule has 15 heavy (non-hydrogen) atoms. The number of carbonyl (C=O) groups excluding carboxylic acids is 1. The van der Waals surface area contributed by atoms with E-state index in [9.17, 15) is 4.79 Å². The molecule has 0 aromatic heterocycles. The monoisotopic (exact) mass is 216 g/mol. The summed E-state index contributed by atoms with van der Waals surface area (Å²) < 4.78 is 5.10. The summed E-state index contributed by atoms with van der Waals surface area (Å²) >= 11 is 0.